The van der Waals surface area contributed by atoms with Crippen LogP contribution in [-0.2, 0) is 4.79 Å². The van der Waals surface area contributed by atoms with Crippen LogP contribution < -0.4 is 10.1 Å². The summed E-state index contributed by atoms with van der Waals surface area (Å²) in [6.07, 6.45) is 16.2. The van der Waals surface area contributed by atoms with E-state index in [0.29, 0.717) is 29.4 Å². The molecule has 4 heterocycles. The van der Waals surface area contributed by atoms with Gasteiger partial charge in [-0.3, -0.25) is 4.79 Å². The number of ether oxygens (including phenoxy) is 1. The van der Waals surface area contributed by atoms with E-state index in [2.05, 4.69) is 44.2 Å². The highest BCUT2D eigenvalue weighted by Crippen LogP contribution is 2.60. The second kappa shape index (κ2) is 10.1. The summed E-state index contributed by atoms with van der Waals surface area (Å²) < 4.78 is 9.77. The summed E-state index contributed by atoms with van der Waals surface area (Å²) in [4.78, 5) is 20.9. The lowest BCUT2D eigenvalue weighted by Gasteiger charge is -2.52. The molecule has 0 radical (unpaired) electrons. The number of carbonyl (C=O) groups excluding carboxylic acids is 1. The van der Waals surface area contributed by atoms with E-state index in [9.17, 15) is 4.79 Å². The molecule has 2 aliphatic rings. The van der Waals surface area contributed by atoms with Crippen molar-refractivity contribution >= 4 is 28.5 Å². The van der Waals surface area contributed by atoms with Crippen LogP contribution in [0.5, 0.6) is 11.5 Å². The van der Waals surface area contributed by atoms with Gasteiger partial charge in [0.25, 0.3) is 0 Å². The highest BCUT2D eigenvalue weighted by atomic mass is 16.5. The summed E-state index contributed by atoms with van der Waals surface area (Å²) in [5.74, 6) is 3.42. The van der Waals surface area contributed by atoms with Crippen molar-refractivity contribution in [1.29, 1.82) is 0 Å². The van der Waals surface area contributed by atoms with Crippen LogP contribution in [0.4, 0.5) is 11.5 Å². The smallest absolute Gasteiger partial charge is 0.158 e. The number of allylic oxidation sites excluding steroid dienone is 1. The van der Waals surface area contributed by atoms with E-state index in [0.717, 1.165) is 59.7 Å². The Hall–Kier alpha value is -4.53. The number of ketones is 1. The van der Waals surface area contributed by atoms with Gasteiger partial charge in [0, 0.05) is 30.6 Å². The Bertz CT molecular complexity index is 1760. The van der Waals surface area contributed by atoms with E-state index in [1.807, 2.05) is 48.1 Å². The lowest BCUT2D eigenvalue weighted by atomic mass is 9.52. The quantitative estimate of drug-likeness (QED) is 0.213. The van der Waals surface area contributed by atoms with Crippen molar-refractivity contribution in [3.8, 4) is 11.5 Å². The third-order valence-electron chi connectivity index (χ3n) is 8.96. The zero-order valence-electron chi connectivity index (χ0n) is 23.2. The topological polar surface area (TPSA) is 98.7 Å². The molecule has 1 N–H and O–H groups in total. The number of aromatic nitrogens is 6. The van der Waals surface area contributed by atoms with Gasteiger partial charge in [-0.2, -0.15) is 10.2 Å². The normalized spacial score (nSPS) is 22.1. The Morgan fingerprint density at radius 3 is 2.78 bits per heavy atom. The van der Waals surface area contributed by atoms with Gasteiger partial charge in [0.1, 0.15) is 29.7 Å². The van der Waals surface area contributed by atoms with Crippen molar-refractivity contribution in [2.75, 3.05) is 5.32 Å². The van der Waals surface area contributed by atoms with E-state index in [4.69, 9.17) is 4.74 Å². The van der Waals surface area contributed by atoms with Gasteiger partial charge in [-0.25, -0.2) is 19.0 Å². The molecule has 5 aromatic rings. The largest absolute Gasteiger partial charge is 0.457 e. The number of rotatable bonds is 8. The number of anilines is 2. The molecule has 2 saturated carbocycles. The van der Waals surface area contributed by atoms with Crippen LogP contribution in [0, 0.1) is 18.3 Å². The minimum Gasteiger partial charge on any atom is -0.457 e. The monoisotopic (exact) mass is 547 g/mol. The molecule has 9 nitrogen and oxygen atoms in total. The standard InChI is InChI=1S/C32H33N7O2/c1-3-25(40)14-22-5-4-10-32(16-22)17-23(18-32)27-9-12-39-30(27)31(34-20-36-39)37-24-6-7-28(21(2)13-24)41-26-8-11-38-29(15-26)33-19-35-38/h3,6-9,11-13,15,19-20,22-23H,1,4-5,10,14,16-18H2,2H3,(H,34,36,37). The van der Waals surface area contributed by atoms with Crippen molar-refractivity contribution < 1.29 is 9.53 Å². The minimum atomic E-state index is 0.178. The molecule has 0 amide bonds. The van der Waals surface area contributed by atoms with Gasteiger partial charge in [-0.1, -0.05) is 13.0 Å². The zero-order valence-corrected chi connectivity index (χ0v) is 23.2. The van der Waals surface area contributed by atoms with Gasteiger partial charge in [0.2, 0.25) is 0 Å². The number of hydrogen-bond acceptors (Lipinski definition) is 7. The average molecular weight is 548 g/mol. The molecule has 1 atom stereocenters. The molecule has 0 bridgehead atoms. The number of hydrogen-bond donors (Lipinski definition) is 1. The maximum absolute atomic E-state index is 12.0. The first-order valence-corrected chi connectivity index (χ1v) is 14.3. The highest BCUT2D eigenvalue weighted by molar-refractivity contribution is 5.89. The van der Waals surface area contributed by atoms with E-state index in [1.165, 1.54) is 30.8 Å². The van der Waals surface area contributed by atoms with Crippen LogP contribution in [0.15, 0.2) is 74.1 Å². The van der Waals surface area contributed by atoms with Crippen LogP contribution in [0.1, 0.15) is 62.0 Å². The first-order valence-electron chi connectivity index (χ1n) is 14.3. The Morgan fingerprint density at radius 1 is 1.10 bits per heavy atom. The molecule has 7 rings (SSSR count). The number of benzene rings is 1. The molecule has 4 aromatic heterocycles. The SMILES string of the molecule is C=CC(=O)CC1CCCC2(C1)CC(c1ccn3ncnc(Nc4ccc(Oc5ccn6ncnc6c5)c(C)c4)c13)C2. The van der Waals surface area contributed by atoms with E-state index in [1.54, 1.807) is 10.8 Å². The Kier molecular flexibility index (Phi) is 6.29. The molecule has 9 heteroatoms. The third kappa shape index (κ3) is 4.85. The predicted molar refractivity (Wildman–Crippen MR) is 157 cm³/mol. The van der Waals surface area contributed by atoms with Crippen molar-refractivity contribution in [3.05, 3.63) is 85.2 Å². The van der Waals surface area contributed by atoms with E-state index in [-0.39, 0.29) is 5.78 Å². The Morgan fingerprint density at radius 2 is 1.93 bits per heavy atom. The van der Waals surface area contributed by atoms with Crippen molar-refractivity contribution in [2.24, 2.45) is 11.3 Å². The van der Waals surface area contributed by atoms with Crippen LogP contribution in [0.3, 0.4) is 0 Å². The van der Waals surface area contributed by atoms with Crippen molar-refractivity contribution in [3.63, 3.8) is 0 Å². The summed E-state index contributed by atoms with van der Waals surface area (Å²) in [5, 5.41) is 12.2. The van der Waals surface area contributed by atoms with Crippen molar-refractivity contribution in [1.82, 2.24) is 29.2 Å². The lowest BCUT2D eigenvalue weighted by molar-refractivity contribution is -0.116. The summed E-state index contributed by atoms with van der Waals surface area (Å²) in [6.45, 7) is 5.69. The Balaban J connectivity index is 1.08. The van der Waals surface area contributed by atoms with Gasteiger partial charge in [-0.15, -0.1) is 0 Å². The third-order valence-corrected chi connectivity index (χ3v) is 8.96. The fraction of sp³-hybridized carbons (Fsp3) is 0.344. The maximum Gasteiger partial charge on any atom is 0.158 e. The molecular formula is C32H33N7O2. The maximum atomic E-state index is 12.0. The van der Waals surface area contributed by atoms with Crippen LogP contribution in [0.25, 0.3) is 11.2 Å². The number of aryl methyl sites for hydroxylation is 1. The summed E-state index contributed by atoms with van der Waals surface area (Å²) in [7, 11) is 0. The van der Waals surface area contributed by atoms with Crippen LogP contribution in [-0.4, -0.2) is 35.0 Å². The number of nitrogens with zero attached hydrogens (tertiary/aromatic N) is 6. The van der Waals surface area contributed by atoms with Crippen molar-refractivity contribution in [2.45, 2.75) is 57.8 Å². The zero-order chi connectivity index (χ0) is 28.0. The van der Waals surface area contributed by atoms with E-state index < -0.39 is 0 Å². The van der Waals surface area contributed by atoms with E-state index >= 15 is 0 Å². The second-order valence-corrected chi connectivity index (χ2v) is 11.7. The molecule has 41 heavy (non-hydrogen) atoms. The number of fused-ring (bicyclic) bond motifs is 2. The van der Waals surface area contributed by atoms with Gasteiger partial charge >= 0.3 is 0 Å². The predicted octanol–water partition coefficient (Wildman–Crippen LogP) is 6.82. The number of pyridine rings is 1. The molecule has 1 unspecified atom stereocenters. The summed E-state index contributed by atoms with van der Waals surface area (Å²) >= 11 is 0. The lowest BCUT2D eigenvalue weighted by Crippen LogP contribution is -2.40. The van der Waals surface area contributed by atoms with Gasteiger partial charge in [-0.05, 0) is 104 Å². The first kappa shape index (κ1) is 25.4. The fourth-order valence-electron chi connectivity index (χ4n) is 7.07. The van der Waals surface area contributed by atoms with Gasteiger partial charge in [0.15, 0.2) is 17.2 Å². The Labute approximate surface area is 238 Å². The molecule has 0 saturated heterocycles. The number of carbonyl (C=O) groups is 1. The molecule has 208 valence electrons. The molecule has 2 fully saturated rings. The second-order valence-electron chi connectivity index (χ2n) is 11.7. The highest BCUT2D eigenvalue weighted by Gasteiger charge is 2.48. The molecule has 0 aliphatic heterocycles. The fourth-order valence-corrected chi connectivity index (χ4v) is 7.07. The number of nitrogens with one attached hydrogen (secondary N) is 1. The molecular weight excluding hydrogens is 514 g/mol. The summed E-state index contributed by atoms with van der Waals surface area (Å²) in [6, 6.07) is 12.0. The van der Waals surface area contributed by atoms with Gasteiger partial charge < -0.3 is 10.1 Å². The van der Waals surface area contributed by atoms with Crippen LogP contribution in [0.2, 0.25) is 0 Å². The average Bonchev–Trinajstić information content (AvgIpc) is 3.61. The molecule has 1 aromatic carbocycles. The van der Waals surface area contributed by atoms with Gasteiger partial charge in [0.05, 0.1) is 0 Å². The first-order chi connectivity index (χ1) is 20.0. The van der Waals surface area contributed by atoms with Crippen LogP contribution >= 0.6 is 0 Å². The summed E-state index contributed by atoms with van der Waals surface area (Å²) in [5.41, 5.74) is 5.35. The minimum absolute atomic E-state index is 0.178. The molecule has 2 aliphatic carbocycles. The molecule has 1 spiro atoms.